The molecule has 3 aromatic rings. The van der Waals surface area contributed by atoms with E-state index >= 15 is 0 Å². The molecule has 0 saturated carbocycles. The normalized spacial score (nSPS) is 10.8. The fraction of sp³-hybridized carbons (Fsp3) is 0.125. The minimum Gasteiger partial charge on any atom is -0.295 e. The Bertz CT molecular complexity index is 877. The highest BCUT2D eigenvalue weighted by Crippen LogP contribution is 2.26. The number of halogens is 2. The highest BCUT2D eigenvalue weighted by Gasteiger charge is 2.13. The van der Waals surface area contributed by atoms with Crippen LogP contribution in [-0.2, 0) is 5.88 Å². The van der Waals surface area contributed by atoms with Gasteiger partial charge in [-0.2, -0.15) is 5.26 Å². The first-order chi connectivity index (χ1) is 10.1. The largest absolute Gasteiger partial charge is 0.295 e. The summed E-state index contributed by atoms with van der Waals surface area (Å²) in [5, 5.41) is 9.09. The lowest BCUT2D eigenvalue weighted by Crippen LogP contribution is -2.00. The van der Waals surface area contributed by atoms with Gasteiger partial charge in [0.15, 0.2) is 0 Å². The van der Waals surface area contributed by atoms with Crippen LogP contribution < -0.4 is 0 Å². The molecule has 2 aromatic carbocycles. The minimum atomic E-state index is 0.311. The zero-order valence-corrected chi connectivity index (χ0v) is 13.6. The number of imidazole rings is 1. The Morgan fingerprint density at radius 1 is 1.29 bits per heavy atom. The average Bonchev–Trinajstić information content (AvgIpc) is 2.87. The number of aromatic nitrogens is 2. The van der Waals surface area contributed by atoms with Gasteiger partial charge in [-0.1, -0.05) is 15.9 Å². The van der Waals surface area contributed by atoms with Crippen molar-refractivity contribution in [3.05, 3.63) is 57.8 Å². The maximum Gasteiger partial charge on any atom is 0.129 e. The van der Waals surface area contributed by atoms with E-state index in [1.54, 1.807) is 6.07 Å². The van der Waals surface area contributed by atoms with Crippen molar-refractivity contribution in [1.82, 2.24) is 9.55 Å². The molecule has 0 atom stereocenters. The van der Waals surface area contributed by atoms with Gasteiger partial charge in [0, 0.05) is 10.2 Å². The van der Waals surface area contributed by atoms with E-state index in [-0.39, 0.29) is 0 Å². The van der Waals surface area contributed by atoms with Gasteiger partial charge in [-0.25, -0.2) is 4.98 Å². The summed E-state index contributed by atoms with van der Waals surface area (Å²) < 4.78 is 3.06. The fourth-order valence-electron chi connectivity index (χ4n) is 2.34. The highest BCUT2D eigenvalue weighted by atomic mass is 79.9. The number of hydrogen-bond donors (Lipinski definition) is 0. The first kappa shape index (κ1) is 14.1. The molecule has 3 rings (SSSR count). The van der Waals surface area contributed by atoms with Crippen LogP contribution in [0.5, 0.6) is 0 Å². The first-order valence-electron chi connectivity index (χ1n) is 6.38. The lowest BCUT2D eigenvalue weighted by Gasteiger charge is -2.09. The molecule has 5 heteroatoms. The van der Waals surface area contributed by atoms with Gasteiger partial charge in [-0.05, 0) is 48.9 Å². The van der Waals surface area contributed by atoms with Gasteiger partial charge >= 0.3 is 0 Å². The smallest absolute Gasteiger partial charge is 0.129 e. The van der Waals surface area contributed by atoms with E-state index in [1.165, 1.54) is 0 Å². The second kappa shape index (κ2) is 5.51. The molecular weight excluding hydrogens is 350 g/mol. The summed E-state index contributed by atoms with van der Waals surface area (Å²) in [6, 6.07) is 13.7. The molecule has 21 heavy (non-hydrogen) atoms. The Labute approximate surface area is 135 Å². The van der Waals surface area contributed by atoms with Gasteiger partial charge in [0.1, 0.15) is 5.82 Å². The fourth-order valence-corrected chi connectivity index (χ4v) is 2.77. The Morgan fingerprint density at radius 2 is 2.10 bits per heavy atom. The Morgan fingerprint density at radius 3 is 2.76 bits per heavy atom. The molecule has 0 fully saturated rings. The first-order valence-corrected chi connectivity index (χ1v) is 7.71. The number of fused-ring (bicyclic) bond motifs is 1. The van der Waals surface area contributed by atoms with E-state index in [2.05, 4.69) is 33.0 Å². The van der Waals surface area contributed by atoms with Crippen LogP contribution in [0.1, 0.15) is 17.0 Å². The number of aryl methyl sites for hydroxylation is 1. The summed E-state index contributed by atoms with van der Waals surface area (Å²) in [5.41, 5.74) is 4.46. The molecule has 0 unspecified atom stereocenters. The van der Waals surface area contributed by atoms with E-state index in [0.29, 0.717) is 11.4 Å². The molecule has 0 radical (unpaired) electrons. The molecule has 0 amide bonds. The summed E-state index contributed by atoms with van der Waals surface area (Å²) >= 11 is 9.55. The molecular formula is C16H11BrClN3. The Kier molecular flexibility index (Phi) is 3.71. The van der Waals surface area contributed by atoms with Gasteiger partial charge in [0.05, 0.1) is 28.5 Å². The van der Waals surface area contributed by atoms with Crippen molar-refractivity contribution in [2.45, 2.75) is 12.8 Å². The minimum absolute atomic E-state index is 0.311. The predicted molar refractivity (Wildman–Crippen MR) is 87.8 cm³/mol. The zero-order valence-electron chi connectivity index (χ0n) is 11.3. The maximum atomic E-state index is 9.09. The standard InChI is InChI=1S/C16H11BrClN3/c1-10-6-12(3-4-13(10)17)21-15-7-11(9-19)2-5-14(15)20-16(21)8-18/h2-7H,8H2,1H3. The van der Waals surface area contributed by atoms with Gasteiger partial charge in [0.2, 0.25) is 0 Å². The van der Waals surface area contributed by atoms with Crippen LogP contribution in [-0.4, -0.2) is 9.55 Å². The maximum absolute atomic E-state index is 9.09. The van der Waals surface area contributed by atoms with Gasteiger partial charge < -0.3 is 0 Å². The third-order valence-corrected chi connectivity index (χ3v) is 4.50. The van der Waals surface area contributed by atoms with Crippen LogP contribution in [0.4, 0.5) is 0 Å². The van der Waals surface area contributed by atoms with Gasteiger partial charge in [-0.15, -0.1) is 11.6 Å². The number of hydrogen-bond acceptors (Lipinski definition) is 2. The van der Waals surface area contributed by atoms with Crippen molar-refractivity contribution in [2.24, 2.45) is 0 Å². The second-order valence-corrected chi connectivity index (χ2v) is 5.87. The quantitative estimate of drug-likeness (QED) is 0.621. The average molecular weight is 361 g/mol. The molecule has 1 heterocycles. The molecule has 0 saturated heterocycles. The van der Waals surface area contributed by atoms with E-state index in [4.69, 9.17) is 16.9 Å². The third kappa shape index (κ3) is 2.44. The molecule has 0 bridgehead atoms. The number of rotatable bonds is 2. The van der Waals surface area contributed by atoms with E-state index in [0.717, 1.165) is 32.6 Å². The summed E-state index contributed by atoms with van der Waals surface area (Å²) in [7, 11) is 0. The molecule has 1 aromatic heterocycles. The van der Waals surface area contributed by atoms with Crippen molar-refractivity contribution < 1.29 is 0 Å². The SMILES string of the molecule is Cc1cc(-n2c(CCl)nc3ccc(C#N)cc32)ccc1Br. The molecule has 3 nitrogen and oxygen atoms in total. The van der Waals surface area contributed by atoms with Crippen molar-refractivity contribution in [2.75, 3.05) is 0 Å². The monoisotopic (exact) mass is 359 g/mol. The number of nitrogens with zero attached hydrogens (tertiary/aromatic N) is 3. The number of nitriles is 1. The van der Waals surface area contributed by atoms with Crippen molar-refractivity contribution in [1.29, 1.82) is 5.26 Å². The molecule has 0 aliphatic carbocycles. The van der Waals surface area contributed by atoms with Crippen LogP contribution in [0.3, 0.4) is 0 Å². The zero-order chi connectivity index (χ0) is 15.0. The van der Waals surface area contributed by atoms with Crippen LogP contribution in [0.15, 0.2) is 40.9 Å². The topological polar surface area (TPSA) is 41.6 Å². The summed E-state index contributed by atoms with van der Waals surface area (Å²) in [6.07, 6.45) is 0. The van der Waals surface area contributed by atoms with Crippen LogP contribution in [0, 0.1) is 18.3 Å². The molecule has 0 aliphatic heterocycles. The van der Waals surface area contributed by atoms with Crippen molar-refractivity contribution in [3.63, 3.8) is 0 Å². The Balaban J connectivity index is 2.33. The van der Waals surface area contributed by atoms with Crippen molar-refractivity contribution in [3.8, 4) is 11.8 Å². The van der Waals surface area contributed by atoms with E-state index in [1.807, 2.05) is 35.8 Å². The van der Waals surface area contributed by atoms with E-state index in [9.17, 15) is 0 Å². The molecule has 104 valence electrons. The predicted octanol–water partition coefficient (Wildman–Crippen LogP) is 4.71. The molecule has 0 aliphatic rings. The Hall–Kier alpha value is -1.83. The van der Waals surface area contributed by atoms with E-state index < -0.39 is 0 Å². The van der Waals surface area contributed by atoms with Crippen LogP contribution in [0.25, 0.3) is 16.7 Å². The summed E-state index contributed by atoms with van der Waals surface area (Å²) in [5.74, 6) is 1.08. The van der Waals surface area contributed by atoms with Crippen LogP contribution in [0.2, 0.25) is 0 Å². The summed E-state index contributed by atoms with van der Waals surface area (Å²) in [4.78, 5) is 4.54. The highest BCUT2D eigenvalue weighted by molar-refractivity contribution is 9.10. The lowest BCUT2D eigenvalue weighted by molar-refractivity contribution is 0.979. The number of alkyl halides is 1. The second-order valence-electron chi connectivity index (χ2n) is 4.75. The third-order valence-electron chi connectivity index (χ3n) is 3.37. The van der Waals surface area contributed by atoms with Crippen molar-refractivity contribution >= 4 is 38.6 Å². The van der Waals surface area contributed by atoms with Gasteiger partial charge in [0.25, 0.3) is 0 Å². The molecule has 0 spiro atoms. The van der Waals surface area contributed by atoms with Gasteiger partial charge in [-0.3, -0.25) is 4.57 Å². The van der Waals surface area contributed by atoms with Crippen LogP contribution >= 0.6 is 27.5 Å². The lowest BCUT2D eigenvalue weighted by atomic mass is 10.2. The summed E-state index contributed by atoms with van der Waals surface area (Å²) in [6.45, 7) is 2.04. The number of benzene rings is 2. The molecule has 0 N–H and O–H groups in total.